The predicted molar refractivity (Wildman–Crippen MR) is 54.4 cm³/mol. The highest BCUT2D eigenvalue weighted by molar-refractivity contribution is 5.85. The molecule has 1 N–H and O–H groups in total. The Balaban J connectivity index is 0. The monoisotopic (exact) mass is 194 g/mol. The summed E-state index contributed by atoms with van der Waals surface area (Å²) in [6.45, 7) is 4.54. The van der Waals surface area contributed by atoms with E-state index in [1.165, 1.54) is 0 Å². The first-order valence-corrected chi connectivity index (χ1v) is 4.01. The summed E-state index contributed by atoms with van der Waals surface area (Å²) in [5, 5.41) is 7.51. The summed E-state index contributed by atoms with van der Waals surface area (Å²) in [4.78, 5) is 2.00. The van der Waals surface area contributed by atoms with Crippen molar-refractivity contribution >= 4 is 18.3 Å². The first kappa shape index (κ1) is 14.3. The summed E-state index contributed by atoms with van der Waals surface area (Å²) >= 11 is 0. The molecule has 0 aromatic carbocycles. The Morgan fingerprint density at radius 3 is 2.17 bits per heavy atom. The van der Waals surface area contributed by atoms with Crippen LogP contribution in [0, 0.1) is 5.41 Å². The fourth-order valence-corrected chi connectivity index (χ4v) is 1.04. The molecule has 0 aliphatic carbocycles. The molecule has 0 spiro atoms. The first-order valence-electron chi connectivity index (χ1n) is 4.01. The number of nitrogens with one attached hydrogen (secondary N) is 1. The molecule has 0 aliphatic rings. The van der Waals surface area contributed by atoms with Crippen LogP contribution in [-0.4, -0.2) is 37.5 Å². The molecule has 1 unspecified atom stereocenters. The van der Waals surface area contributed by atoms with Crippen LogP contribution in [0.5, 0.6) is 0 Å². The zero-order valence-electron chi connectivity index (χ0n) is 8.26. The molecular weight excluding hydrogens is 176 g/mol. The van der Waals surface area contributed by atoms with Crippen LogP contribution >= 0.6 is 12.4 Å². The van der Waals surface area contributed by atoms with Crippen molar-refractivity contribution in [1.82, 2.24) is 4.90 Å². The van der Waals surface area contributed by atoms with Gasteiger partial charge in [-0.15, -0.1) is 12.4 Å². The molecule has 0 radical (unpaired) electrons. The highest BCUT2D eigenvalue weighted by atomic mass is 35.5. The lowest BCUT2D eigenvalue weighted by molar-refractivity contribution is 0.254. The molecular formula is C8H19ClN2O. The van der Waals surface area contributed by atoms with E-state index in [0.717, 1.165) is 6.42 Å². The molecule has 74 valence electrons. The average Bonchev–Trinajstić information content (AvgIpc) is 1.88. The fraction of sp³-hybridized carbons (Fsp3) is 0.875. The molecule has 0 aromatic heterocycles. The van der Waals surface area contributed by atoms with Crippen LogP contribution in [0.4, 0.5) is 0 Å². The average molecular weight is 195 g/mol. The Morgan fingerprint density at radius 1 is 1.42 bits per heavy atom. The van der Waals surface area contributed by atoms with Gasteiger partial charge in [0.05, 0.1) is 12.6 Å². The number of nitrogens with zero attached hydrogens (tertiary/aromatic N) is 1. The molecule has 0 bridgehead atoms. The van der Waals surface area contributed by atoms with Crippen LogP contribution in [0.3, 0.4) is 0 Å². The summed E-state index contributed by atoms with van der Waals surface area (Å²) < 4.78 is 5.10. The van der Waals surface area contributed by atoms with Gasteiger partial charge in [0.15, 0.2) is 5.90 Å². The van der Waals surface area contributed by atoms with Gasteiger partial charge in [-0.3, -0.25) is 10.3 Å². The van der Waals surface area contributed by atoms with E-state index >= 15 is 0 Å². The molecule has 0 aromatic rings. The van der Waals surface area contributed by atoms with Crippen molar-refractivity contribution in [3.63, 3.8) is 0 Å². The van der Waals surface area contributed by atoms with Crippen LogP contribution < -0.4 is 0 Å². The van der Waals surface area contributed by atoms with E-state index in [2.05, 4.69) is 6.92 Å². The topological polar surface area (TPSA) is 36.3 Å². The van der Waals surface area contributed by atoms with Crippen LogP contribution in [0.25, 0.3) is 0 Å². The van der Waals surface area contributed by atoms with Gasteiger partial charge in [-0.05, 0) is 27.4 Å². The van der Waals surface area contributed by atoms with Gasteiger partial charge in [0.1, 0.15) is 0 Å². The lowest BCUT2D eigenvalue weighted by Gasteiger charge is -2.22. The van der Waals surface area contributed by atoms with Crippen LogP contribution in [0.15, 0.2) is 0 Å². The Kier molecular flexibility index (Phi) is 8.76. The summed E-state index contributed by atoms with van der Waals surface area (Å²) in [5.41, 5.74) is 0. The fourth-order valence-electron chi connectivity index (χ4n) is 1.04. The molecule has 4 heteroatoms. The second kappa shape index (κ2) is 7.37. The molecule has 0 saturated heterocycles. The maximum atomic E-state index is 7.51. The molecule has 0 saturated carbocycles. The molecule has 0 rings (SSSR count). The highest BCUT2D eigenvalue weighted by Crippen LogP contribution is 2.01. The van der Waals surface area contributed by atoms with Gasteiger partial charge in [-0.1, -0.05) is 6.92 Å². The Morgan fingerprint density at radius 2 is 1.92 bits per heavy atom. The van der Waals surface area contributed by atoms with Gasteiger partial charge < -0.3 is 4.74 Å². The van der Waals surface area contributed by atoms with Crippen molar-refractivity contribution < 1.29 is 4.74 Å². The number of ether oxygens (including phenoxy) is 1. The number of hydrogen-bond donors (Lipinski definition) is 1. The van der Waals surface area contributed by atoms with Crippen molar-refractivity contribution in [2.45, 2.75) is 26.3 Å². The third-order valence-electron chi connectivity index (χ3n) is 1.61. The third-order valence-corrected chi connectivity index (χ3v) is 1.61. The number of rotatable bonds is 4. The molecule has 3 nitrogen and oxygen atoms in total. The van der Waals surface area contributed by atoms with Crippen molar-refractivity contribution in [2.75, 3.05) is 20.7 Å². The number of hydrogen-bond acceptors (Lipinski definition) is 3. The standard InChI is InChI=1S/C8H18N2O.ClH/c1-5-7(10(3)4)8(9)11-6-2;/h7,9H,5-6H2,1-4H3;1H. The predicted octanol–water partition coefficient (Wildman–Crippen LogP) is 1.76. The summed E-state index contributed by atoms with van der Waals surface area (Å²) in [6.07, 6.45) is 0.922. The third kappa shape index (κ3) is 4.57. The van der Waals surface area contributed by atoms with Crippen molar-refractivity contribution in [1.29, 1.82) is 5.41 Å². The quantitative estimate of drug-likeness (QED) is 0.547. The Hall–Kier alpha value is -0.280. The summed E-state index contributed by atoms with van der Waals surface area (Å²) in [6, 6.07) is 0.134. The zero-order valence-corrected chi connectivity index (χ0v) is 9.07. The van der Waals surface area contributed by atoms with E-state index < -0.39 is 0 Å². The minimum Gasteiger partial charge on any atom is -0.480 e. The second-order valence-electron chi connectivity index (χ2n) is 2.68. The SMILES string of the molecule is CCOC(=N)C(CC)N(C)C.Cl. The minimum absolute atomic E-state index is 0. The lowest BCUT2D eigenvalue weighted by Crippen LogP contribution is -2.36. The van der Waals surface area contributed by atoms with E-state index in [1.54, 1.807) is 0 Å². The largest absolute Gasteiger partial charge is 0.480 e. The molecule has 1 atom stereocenters. The van der Waals surface area contributed by atoms with Gasteiger partial charge in [0.25, 0.3) is 0 Å². The molecule has 0 heterocycles. The van der Waals surface area contributed by atoms with E-state index in [0.29, 0.717) is 12.5 Å². The van der Waals surface area contributed by atoms with Crippen molar-refractivity contribution in [3.05, 3.63) is 0 Å². The van der Waals surface area contributed by atoms with Crippen LogP contribution in [0.1, 0.15) is 20.3 Å². The maximum absolute atomic E-state index is 7.51. The van der Waals surface area contributed by atoms with Gasteiger partial charge in [-0.25, -0.2) is 0 Å². The van der Waals surface area contributed by atoms with Gasteiger partial charge >= 0.3 is 0 Å². The summed E-state index contributed by atoms with van der Waals surface area (Å²) in [5.74, 6) is 0.375. The lowest BCUT2D eigenvalue weighted by atomic mass is 10.2. The summed E-state index contributed by atoms with van der Waals surface area (Å²) in [7, 11) is 3.92. The number of halogens is 1. The molecule has 0 fully saturated rings. The van der Waals surface area contributed by atoms with E-state index in [1.807, 2.05) is 25.9 Å². The number of likely N-dealkylation sites (N-methyl/N-ethyl adjacent to an activating group) is 1. The Bertz CT molecular complexity index is 128. The normalized spacial score (nSPS) is 12.1. The van der Waals surface area contributed by atoms with Crippen LogP contribution in [0.2, 0.25) is 0 Å². The first-order chi connectivity index (χ1) is 5.13. The smallest absolute Gasteiger partial charge is 0.198 e. The zero-order chi connectivity index (χ0) is 8.85. The van der Waals surface area contributed by atoms with Crippen molar-refractivity contribution in [3.8, 4) is 0 Å². The van der Waals surface area contributed by atoms with Crippen LogP contribution in [-0.2, 0) is 4.74 Å². The van der Waals surface area contributed by atoms with E-state index in [4.69, 9.17) is 10.1 Å². The van der Waals surface area contributed by atoms with Gasteiger partial charge in [0.2, 0.25) is 0 Å². The second-order valence-corrected chi connectivity index (χ2v) is 2.68. The van der Waals surface area contributed by atoms with E-state index in [9.17, 15) is 0 Å². The molecule has 0 amide bonds. The van der Waals surface area contributed by atoms with Gasteiger partial charge in [0, 0.05) is 0 Å². The van der Waals surface area contributed by atoms with Crippen molar-refractivity contribution in [2.24, 2.45) is 0 Å². The van der Waals surface area contributed by atoms with E-state index in [-0.39, 0.29) is 18.4 Å². The highest BCUT2D eigenvalue weighted by Gasteiger charge is 2.15. The Labute approximate surface area is 81.0 Å². The maximum Gasteiger partial charge on any atom is 0.198 e. The molecule has 12 heavy (non-hydrogen) atoms. The molecule has 0 aliphatic heterocycles. The minimum atomic E-state index is 0. The van der Waals surface area contributed by atoms with Gasteiger partial charge in [-0.2, -0.15) is 0 Å².